The summed E-state index contributed by atoms with van der Waals surface area (Å²) in [6.45, 7) is 0.228. The SMILES string of the molecule is CN(C)c1ccc(N2CC(CS(=O)(=O)Cl)CC2=O)cc1F. The van der Waals surface area contributed by atoms with Gasteiger partial charge in [0.05, 0.1) is 11.4 Å². The van der Waals surface area contributed by atoms with Gasteiger partial charge < -0.3 is 9.80 Å². The molecule has 1 aliphatic heterocycles. The van der Waals surface area contributed by atoms with Gasteiger partial charge in [-0.25, -0.2) is 12.8 Å². The Kier molecular flexibility index (Phi) is 4.43. The summed E-state index contributed by atoms with van der Waals surface area (Å²) in [5.41, 5.74) is 0.850. The molecule has 0 N–H and O–H groups in total. The minimum atomic E-state index is -3.65. The molecule has 1 saturated heterocycles. The predicted octanol–water partition coefficient (Wildman–Crippen LogP) is 1.81. The summed E-state index contributed by atoms with van der Waals surface area (Å²) in [7, 11) is 5.01. The fourth-order valence-corrected chi connectivity index (χ4v) is 3.77. The van der Waals surface area contributed by atoms with Crippen molar-refractivity contribution in [3.05, 3.63) is 24.0 Å². The van der Waals surface area contributed by atoms with E-state index in [0.29, 0.717) is 11.4 Å². The molecule has 1 aliphatic rings. The Labute approximate surface area is 127 Å². The molecule has 0 bridgehead atoms. The maximum absolute atomic E-state index is 14.0. The van der Waals surface area contributed by atoms with E-state index >= 15 is 0 Å². The lowest BCUT2D eigenvalue weighted by Gasteiger charge is -2.19. The Morgan fingerprint density at radius 3 is 2.62 bits per heavy atom. The fraction of sp³-hybridized carbons (Fsp3) is 0.462. The molecule has 2 rings (SSSR count). The van der Waals surface area contributed by atoms with Crippen molar-refractivity contribution in [1.82, 2.24) is 0 Å². The van der Waals surface area contributed by atoms with Gasteiger partial charge in [0, 0.05) is 49.3 Å². The van der Waals surface area contributed by atoms with Crippen LogP contribution in [0.15, 0.2) is 18.2 Å². The molecule has 1 heterocycles. The van der Waals surface area contributed by atoms with Gasteiger partial charge in [-0.2, -0.15) is 0 Å². The van der Waals surface area contributed by atoms with Crippen LogP contribution in [0.5, 0.6) is 0 Å². The highest BCUT2D eigenvalue weighted by molar-refractivity contribution is 8.13. The number of carbonyl (C=O) groups excluding carboxylic acids is 1. The third-order valence-electron chi connectivity index (χ3n) is 3.36. The molecular weight excluding hydrogens is 319 g/mol. The summed E-state index contributed by atoms with van der Waals surface area (Å²) >= 11 is 0. The number of rotatable bonds is 4. The minimum absolute atomic E-state index is 0.100. The van der Waals surface area contributed by atoms with Crippen molar-refractivity contribution in [2.75, 3.05) is 36.2 Å². The normalized spacial score (nSPS) is 19.1. The van der Waals surface area contributed by atoms with E-state index in [1.807, 2.05) is 0 Å². The van der Waals surface area contributed by atoms with E-state index in [1.54, 1.807) is 31.1 Å². The number of halogens is 2. The van der Waals surface area contributed by atoms with Crippen LogP contribution in [0.4, 0.5) is 15.8 Å². The minimum Gasteiger partial charge on any atom is -0.375 e. The van der Waals surface area contributed by atoms with E-state index in [2.05, 4.69) is 0 Å². The molecule has 0 saturated carbocycles. The van der Waals surface area contributed by atoms with Crippen molar-refractivity contribution in [1.29, 1.82) is 0 Å². The lowest BCUT2D eigenvalue weighted by atomic mass is 10.1. The molecule has 8 heteroatoms. The van der Waals surface area contributed by atoms with Gasteiger partial charge in [-0.15, -0.1) is 0 Å². The van der Waals surface area contributed by atoms with Gasteiger partial charge in [0.1, 0.15) is 5.82 Å². The van der Waals surface area contributed by atoms with Crippen LogP contribution in [0.3, 0.4) is 0 Å². The first-order chi connectivity index (χ1) is 9.67. The average Bonchev–Trinajstić information content (AvgIpc) is 2.66. The van der Waals surface area contributed by atoms with Crippen LogP contribution in [0, 0.1) is 11.7 Å². The van der Waals surface area contributed by atoms with Crippen molar-refractivity contribution in [2.45, 2.75) is 6.42 Å². The van der Waals surface area contributed by atoms with Gasteiger partial charge in [-0.1, -0.05) is 0 Å². The van der Waals surface area contributed by atoms with Crippen molar-refractivity contribution in [3.63, 3.8) is 0 Å². The average molecular weight is 335 g/mol. The van der Waals surface area contributed by atoms with Crippen LogP contribution in [0.25, 0.3) is 0 Å². The third kappa shape index (κ3) is 3.85. The summed E-state index contributed by atoms with van der Waals surface area (Å²) in [6, 6.07) is 4.52. The number of hydrogen-bond acceptors (Lipinski definition) is 4. The largest absolute Gasteiger partial charge is 0.375 e. The maximum Gasteiger partial charge on any atom is 0.232 e. The van der Waals surface area contributed by atoms with Crippen molar-refractivity contribution >= 4 is 37.0 Å². The molecule has 1 aromatic rings. The highest BCUT2D eigenvalue weighted by Crippen LogP contribution is 2.29. The van der Waals surface area contributed by atoms with E-state index in [1.165, 1.54) is 11.0 Å². The van der Waals surface area contributed by atoms with E-state index in [-0.39, 0.29) is 30.5 Å². The fourth-order valence-electron chi connectivity index (χ4n) is 2.45. The number of benzene rings is 1. The Bertz CT molecular complexity index is 663. The molecule has 0 radical (unpaired) electrons. The smallest absolute Gasteiger partial charge is 0.232 e. The van der Waals surface area contributed by atoms with Crippen LogP contribution < -0.4 is 9.80 Å². The summed E-state index contributed by atoms with van der Waals surface area (Å²) in [4.78, 5) is 15.0. The van der Waals surface area contributed by atoms with Crippen LogP contribution in [-0.4, -0.2) is 40.7 Å². The first-order valence-corrected chi connectivity index (χ1v) is 8.85. The lowest BCUT2D eigenvalue weighted by molar-refractivity contribution is -0.117. The monoisotopic (exact) mass is 334 g/mol. The Hall–Kier alpha value is -1.34. The second kappa shape index (κ2) is 5.81. The van der Waals surface area contributed by atoms with Gasteiger partial charge >= 0.3 is 0 Å². The molecule has 1 aromatic carbocycles. The highest BCUT2D eigenvalue weighted by Gasteiger charge is 2.33. The second-order valence-corrected chi connectivity index (χ2v) is 8.13. The zero-order chi connectivity index (χ0) is 15.8. The van der Waals surface area contributed by atoms with Crippen LogP contribution in [0.2, 0.25) is 0 Å². The zero-order valence-corrected chi connectivity index (χ0v) is 13.3. The van der Waals surface area contributed by atoms with Gasteiger partial charge in [0.25, 0.3) is 0 Å². The first-order valence-electron chi connectivity index (χ1n) is 6.37. The van der Waals surface area contributed by atoms with Crippen molar-refractivity contribution in [3.8, 4) is 0 Å². The van der Waals surface area contributed by atoms with Crippen LogP contribution >= 0.6 is 10.7 Å². The second-order valence-electron chi connectivity index (χ2n) is 5.31. The third-order valence-corrected chi connectivity index (χ3v) is 4.61. The topological polar surface area (TPSA) is 57.7 Å². The van der Waals surface area contributed by atoms with E-state index in [9.17, 15) is 17.6 Å². The molecule has 0 spiro atoms. The molecule has 1 atom stereocenters. The standard InChI is InChI=1S/C13H16ClFN2O3S/c1-16(2)12-4-3-10(6-11(12)15)17-7-9(5-13(17)18)8-21(14,19)20/h3-4,6,9H,5,7-8H2,1-2H3. The number of carbonyl (C=O) groups is 1. The molecule has 1 amide bonds. The highest BCUT2D eigenvalue weighted by atomic mass is 35.7. The Morgan fingerprint density at radius 2 is 2.10 bits per heavy atom. The Morgan fingerprint density at radius 1 is 1.43 bits per heavy atom. The molecule has 1 unspecified atom stereocenters. The summed E-state index contributed by atoms with van der Waals surface area (Å²) in [5, 5.41) is 0. The zero-order valence-electron chi connectivity index (χ0n) is 11.7. The number of nitrogens with zero attached hydrogens (tertiary/aromatic N) is 2. The van der Waals surface area contributed by atoms with E-state index in [4.69, 9.17) is 10.7 Å². The Balaban J connectivity index is 2.19. The number of amides is 1. The lowest BCUT2D eigenvalue weighted by Crippen LogP contribution is -2.25. The van der Waals surface area contributed by atoms with Gasteiger partial charge in [-0.3, -0.25) is 4.79 Å². The maximum atomic E-state index is 14.0. The predicted molar refractivity (Wildman–Crippen MR) is 80.8 cm³/mol. The number of anilines is 2. The van der Waals surface area contributed by atoms with Gasteiger partial charge in [-0.05, 0) is 18.2 Å². The van der Waals surface area contributed by atoms with Crippen LogP contribution in [-0.2, 0) is 13.8 Å². The number of hydrogen-bond donors (Lipinski definition) is 0. The van der Waals surface area contributed by atoms with Gasteiger partial charge in [0.2, 0.25) is 15.0 Å². The van der Waals surface area contributed by atoms with E-state index in [0.717, 1.165) is 0 Å². The van der Waals surface area contributed by atoms with Crippen molar-refractivity contribution in [2.24, 2.45) is 5.92 Å². The van der Waals surface area contributed by atoms with E-state index < -0.39 is 14.9 Å². The molecule has 0 aromatic heterocycles. The van der Waals surface area contributed by atoms with Gasteiger partial charge in [0.15, 0.2) is 0 Å². The summed E-state index contributed by atoms with van der Waals surface area (Å²) in [5.74, 6) is -1.28. The first kappa shape index (κ1) is 16.0. The quantitative estimate of drug-likeness (QED) is 0.788. The summed E-state index contributed by atoms with van der Waals surface area (Å²) in [6.07, 6.45) is 0.100. The molecule has 116 valence electrons. The van der Waals surface area contributed by atoms with Crippen LogP contribution in [0.1, 0.15) is 6.42 Å². The molecular formula is C13H16ClFN2O3S. The van der Waals surface area contributed by atoms with Crippen molar-refractivity contribution < 1.29 is 17.6 Å². The molecule has 1 fully saturated rings. The molecule has 0 aliphatic carbocycles. The molecule has 5 nitrogen and oxygen atoms in total. The molecule has 21 heavy (non-hydrogen) atoms. The summed E-state index contributed by atoms with van der Waals surface area (Å²) < 4.78 is 36.1.